The van der Waals surface area contributed by atoms with Crippen LogP contribution in [0.3, 0.4) is 0 Å². The third kappa shape index (κ3) is 3.67. The van der Waals surface area contributed by atoms with Gasteiger partial charge < -0.3 is 10.1 Å². The molecule has 5 nitrogen and oxygen atoms in total. The Morgan fingerprint density at radius 1 is 1.32 bits per heavy atom. The molecule has 5 heteroatoms. The minimum absolute atomic E-state index is 0.00342. The fourth-order valence-electron chi connectivity index (χ4n) is 2.59. The number of carbonyl (C=O) groups excluding carboxylic acids is 1. The Morgan fingerprint density at radius 2 is 2.05 bits per heavy atom. The second-order valence-electron chi connectivity index (χ2n) is 5.36. The zero-order valence-electron chi connectivity index (χ0n) is 13.6. The molecular formula is C17H23N3O2. The zero-order valence-corrected chi connectivity index (χ0v) is 13.6. The van der Waals surface area contributed by atoms with Gasteiger partial charge >= 0.3 is 0 Å². The first kappa shape index (κ1) is 16.1. The van der Waals surface area contributed by atoms with Crippen molar-refractivity contribution < 1.29 is 9.53 Å². The lowest BCUT2D eigenvalue weighted by atomic mass is 10.1. The minimum atomic E-state index is 0.00342. The van der Waals surface area contributed by atoms with Gasteiger partial charge in [0.25, 0.3) is 0 Å². The van der Waals surface area contributed by atoms with Crippen LogP contribution in [-0.4, -0.2) is 29.3 Å². The third-order valence-electron chi connectivity index (χ3n) is 3.90. The molecule has 1 amide bonds. The van der Waals surface area contributed by atoms with Gasteiger partial charge in [-0.15, -0.1) is 0 Å². The van der Waals surface area contributed by atoms with Crippen LogP contribution in [0, 0.1) is 13.8 Å². The molecule has 1 heterocycles. The summed E-state index contributed by atoms with van der Waals surface area (Å²) in [6, 6.07) is 7.58. The summed E-state index contributed by atoms with van der Waals surface area (Å²) in [6.07, 6.45) is 1.12. The molecule has 0 atom stereocenters. The predicted molar refractivity (Wildman–Crippen MR) is 86.1 cm³/mol. The molecule has 0 saturated carbocycles. The molecule has 0 aliphatic carbocycles. The molecule has 0 aliphatic heterocycles. The molecule has 0 fully saturated rings. The van der Waals surface area contributed by atoms with Crippen LogP contribution < -0.4 is 10.1 Å². The molecule has 1 aromatic heterocycles. The van der Waals surface area contributed by atoms with Gasteiger partial charge in [0.1, 0.15) is 5.75 Å². The number of nitrogens with one attached hydrogen (secondary N) is 1. The number of aryl methyl sites for hydroxylation is 2. The van der Waals surface area contributed by atoms with Crippen molar-refractivity contribution in [1.29, 1.82) is 0 Å². The summed E-state index contributed by atoms with van der Waals surface area (Å²) in [6.45, 7) is 4.66. The van der Waals surface area contributed by atoms with E-state index in [1.165, 1.54) is 5.56 Å². The van der Waals surface area contributed by atoms with Gasteiger partial charge in [-0.1, -0.05) is 18.2 Å². The summed E-state index contributed by atoms with van der Waals surface area (Å²) in [7, 11) is 3.55. The summed E-state index contributed by atoms with van der Waals surface area (Å²) in [5.41, 5.74) is 4.28. The quantitative estimate of drug-likeness (QED) is 0.887. The van der Waals surface area contributed by atoms with E-state index in [0.29, 0.717) is 13.0 Å². The van der Waals surface area contributed by atoms with Crippen molar-refractivity contribution in [2.75, 3.05) is 13.7 Å². The third-order valence-corrected chi connectivity index (χ3v) is 3.90. The Bertz CT molecular complexity index is 662. The smallest absolute Gasteiger partial charge is 0.224 e. The number of aromatic nitrogens is 2. The fourth-order valence-corrected chi connectivity index (χ4v) is 2.59. The highest BCUT2D eigenvalue weighted by molar-refractivity contribution is 5.79. The van der Waals surface area contributed by atoms with E-state index in [2.05, 4.69) is 10.4 Å². The monoisotopic (exact) mass is 301 g/mol. The molecule has 1 N–H and O–H groups in total. The number of amides is 1. The molecule has 2 aromatic rings. The number of benzene rings is 1. The van der Waals surface area contributed by atoms with Gasteiger partial charge in [0.2, 0.25) is 5.91 Å². The van der Waals surface area contributed by atoms with E-state index in [1.807, 2.05) is 49.8 Å². The van der Waals surface area contributed by atoms with Gasteiger partial charge in [0.05, 0.1) is 19.2 Å². The standard InChI is InChI=1S/C17H23N3O2/c1-12-15(13(2)20(3)19-12)9-10-18-17(21)11-14-7-5-6-8-16(14)22-4/h5-8H,9-11H2,1-4H3,(H,18,21). The average Bonchev–Trinajstić information content (AvgIpc) is 2.74. The SMILES string of the molecule is COc1ccccc1CC(=O)NCCc1c(C)nn(C)c1C. The van der Waals surface area contributed by atoms with Gasteiger partial charge in [-0.3, -0.25) is 9.48 Å². The van der Waals surface area contributed by atoms with Crippen molar-refractivity contribution in [2.45, 2.75) is 26.7 Å². The van der Waals surface area contributed by atoms with Crippen LogP contribution in [0.25, 0.3) is 0 Å². The summed E-state index contributed by atoms with van der Waals surface area (Å²) >= 11 is 0. The first-order chi connectivity index (χ1) is 10.5. The largest absolute Gasteiger partial charge is 0.496 e. The summed E-state index contributed by atoms with van der Waals surface area (Å²) in [5.74, 6) is 0.750. The minimum Gasteiger partial charge on any atom is -0.496 e. The van der Waals surface area contributed by atoms with E-state index >= 15 is 0 Å². The lowest BCUT2D eigenvalue weighted by Crippen LogP contribution is -2.27. The highest BCUT2D eigenvalue weighted by atomic mass is 16.5. The number of ether oxygens (including phenoxy) is 1. The number of hydrogen-bond acceptors (Lipinski definition) is 3. The van der Waals surface area contributed by atoms with E-state index < -0.39 is 0 Å². The topological polar surface area (TPSA) is 56.1 Å². The first-order valence-electron chi connectivity index (χ1n) is 7.40. The number of hydrogen-bond donors (Lipinski definition) is 1. The van der Waals surface area contributed by atoms with Crippen LogP contribution in [0.5, 0.6) is 5.75 Å². The molecule has 0 aliphatic rings. The molecule has 0 saturated heterocycles. The Hall–Kier alpha value is -2.30. The molecule has 0 radical (unpaired) electrons. The summed E-state index contributed by atoms with van der Waals surface area (Å²) in [5, 5.41) is 7.35. The van der Waals surface area contributed by atoms with Crippen molar-refractivity contribution in [1.82, 2.24) is 15.1 Å². The lowest BCUT2D eigenvalue weighted by Gasteiger charge is -2.09. The van der Waals surface area contributed by atoms with E-state index in [9.17, 15) is 4.79 Å². The molecule has 0 unspecified atom stereocenters. The zero-order chi connectivity index (χ0) is 16.1. The van der Waals surface area contributed by atoms with E-state index in [0.717, 1.165) is 29.1 Å². The number of nitrogens with zero attached hydrogens (tertiary/aromatic N) is 2. The Labute approximate surface area is 131 Å². The van der Waals surface area contributed by atoms with Crippen molar-refractivity contribution in [2.24, 2.45) is 7.05 Å². The van der Waals surface area contributed by atoms with Crippen molar-refractivity contribution in [3.63, 3.8) is 0 Å². The number of para-hydroxylation sites is 1. The maximum Gasteiger partial charge on any atom is 0.224 e. The van der Waals surface area contributed by atoms with Crippen LogP contribution in [0.2, 0.25) is 0 Å². The Kier molecular flexibility index (Phi) is 5.20. The van der Waals surface area contributed by atoms with Gasteiger partial charge in [0, 0.05) is 24.8 Å². The fraction of sp³-hybridized carbons (Fsp3) is 0.412. The van der Waals surface area contributed by atoms with Gasteiger partial charge in [0.15, 0.2) is 0 Å². The van der Waals surface area contributed by atoms with Crippen molar-refractivity contribution in [3.8, 4) is 5.75 Å². The van der Waals surface area contributed by atoms with Gasteiger partial charge in [-0.05, 0) is 31.9 Å². The average molecular weight is 301 g/mol. The lowest BCUT2D eigenvalue weighted by molar-refractivity contribution is -0.120. The van der Waals surface area contributed by atoms with Crippen LogP contribution in [-0.2, 0) is 24.7 Å². The highest BCUT2D eigenvalue weighted by Crippen LogP contribution is 2.17. The Balaban J connectivity index is 1.88. The van der Waals surface area contributed by atoms with Crippen LogP contribution in [0.15, 0.2) is 24.3 Å². The maximum absolute atomic E-state index is 12.1. The molecule has 1 aromatic carbocycles. The highest BCUT2D eigenvalue weighted by Gasteiger charge is 2.11. The molecule has 0 bridgehead atoms. The van der Waals surface area contributed by atoms with Crippen LogP contribution in [0.1, 0.15) is 22.5 Å². The van der Waals surface area contributed by atoms with Gasteiger partial charge in [-0.2, -0.15) is 5.10 Å². The molecular weight excluding hydrogens is 278 g/mol. The Morgan fingerprint density at radius 3 is 2.68 bits per heavy atom. The second kappa shape index (κ2) is 7.11. The predicted octanol–water partition coefficient (Wildman–Crippen LogP) is 1.95. The van der Waals surface area contributed by atoms with E-state index in [-0.39, 0.29) is 5.91 Å². The molecule has 118 valence electrons. The van der Waals surface area contributed by atoms with Crippen molar-refractivity contribution in [3.05, 3.63) is 46.8 Å². The second-order valence-corrected chi connectivity index (χ2v) is 5.36. The van der Waals surface area contributed by atoms with Crippen LogP contribution in [0.4, 0.5) is 0 Å². The molecule has 2 rings (SSSR count). The molecule has 0 spiro atoms. The number of methoxy groups -OCH3 is 1. The number of rotatable bonds is 6. The van der Waals surface area contributed by atoms with Gasteiger partial charge in [-0.25, -0.2) is 0 Å². The van der Waals surface area contributed by atoms with E-state index in [4.69, 9.17) is 4.74 Å². The first-order valence-corrected chi connectivity index (χ1v) is 7.40. The van der Waals surface area contributed by atoms with Crippen molar-refractivity contribution >= 4 is 5.91 Å². The molecule has 22 heavy (non-hydrogen) atoms. The van der Waals surface area contributed by atoms with E-state index in [1.54, 1.807) is 7.11 Å². The normalized spacial score (nSPS) is 10.5. The summed E-state index contributed by atoms with van der Waals surface area (Å²) < 4.78 is 7.14. The maximum atomic E-state index is 12.1. The van der Waals surface area contributed by atoms with Crippen LogP contribution >= 0.6 is 0 Å². The number of carbonyl (C=O) groups is 1. The summed E-state index contributed by atoms with van der Waals surface area (Å²) in [4.78, 5) is 12.1.